The first-order chi connectivity index (χ1) is 12.0. The fraction of sp³-hybridized carbons (Fsp3) is 0.842. The molecule has 1 saturated heterocycles. The number of hydrogen-bond acceptors (Lipinski definition) is 3. The average Bonchev–Trinajstić information content (AvgIpc) is 3.15. The molecule has 0 aromatic heterocycles. The third-order valence-electron chi connectivity index (χ3n) is 5.62. The summed E-state index contributed by atoms with van der Waals surface area (Å²) < 4.78 is 0. The van der Waals surface area contributed by atoms with E-state index in [9.17, 15) is 14.4 Å². The second-order valence-electron chi connectivity index (χ2n) is 7.50. The van der Waals surface area contributed by atoms with Gasteiger partial charge in [0.25, 0.3) is 5.91 Å². The van der Waals surface area contributed by atoms with E-state index in [1.165, 1.54) is 17.7 Å². The van der Waals surface area contributed by atoms with Gasteiger partial charge in [-0.25, -0.2) is 4.79 Å². The molecular weight excluding hydrogens is 318 g/mol. The number of carbonyl (C=O) groups excluding carboxylic acids is 3. The molecule has 0 radical (unpaired) electrons. The Hall–Kier alpha value is -1.59. The first kappa shape index (κ1) is 19.7. The molecule has 0 aromatic carbocycles. The number of hydrogen-bond donors (Lipinski definition) is 2. The van der Waals surface area contributed by atoms with Crippen LogP contribution in [-0.2, 0) is 9.59 Å². The van der Waals surface area contributed by atoms with Crippen molar-refractivity contribution in [3.05, 3.63) is 0 Å². The summed E-state index contributed by atoms with van der Waals surface area (Å²) in [4.78, 5) is 37.9. The molecule has 1 aliphatic heterocycles. The lowest BCUT2D eigenvalue weighted by molar-refractivity contribution is -0.131. The number of nitrogens with one attached hydrogen (secondary N) is 2. The molecule has 25 heavy (non-hydrogen) atoms. The van der Waals surface area contributed by atoms with Gasteiger partial charge in [-0.2, -0.15) is 0 Å². The lowest BCUT2D eigenvalue weighted by Gasteiger charge is -2.20. The van der Waals surface area contributed by atoms with Gasteiger partial charge < -0.3 is 10.6 Å². The Morgan fingerprint density at radius 3 is 2.60 bits per heavy atom. The highest BCUT2D eigenvalue weighted by Crippen LogP contribution is 2.35. The summed E-state index contributed by atoms with van der Waals surface area (Å²) >= 11 is 0. The number of imide groups is 1. The highest BCUT2D eigenvalue weighted by Gasteiger charge is 2.51. The van der Waals surface area contributed by atoms with Gasteiger partial charge in [-0.05, 0) is 31.6 Å². The van der Waals surface area contributed by atoms with Gasteiger partial charge in [0.15, 0.2) is 0 Å². The van der Waals surface area contributed by atoms with Gasteiger partial charge in [-0.15, -0.1) is 0 Å². The molecule has 1 aliphatic carbocycles. The van der Waals surface area contributed by atoms with Crippen molar-refractivity contribution in [1.82, 2.24) is 15.5 Å². The zero-order chi connectivity index (χ0) is 18.3. The van der Waals surface area contributed by atoms with E-state index in [-0.39, 0.29) is 17.8 Å². The second-order valence-corrected chi connectivity index (χ2v) is 7.50. The van der Waals surface area contributed by atoms with E-state index in [4.69, 9.17) is 0 Å². The van der Waals surface area contributed by atoms with E-state index in [0.29, 0.717) is 25.3 Å². The quantitative estimate of drug-likeness (QED) is 0.594. The molecule has 2 rings (SSSR count). The van der Waals surface area contributed by atoms with E-state index in [0.717, 1.165) is 45.1 Å². The summed E-state index contributed by atoms with van der Waals surface area (Å²) in [5, 5.41) is 5.87. The van der Waals surface area contributed by atoms with Gasteiger partial charge in [0, 0.05) is 19.5 Å². The Kier molecular flexibility index (Phi) is 7.26. The molecule has 6 nitrogen and oxygen atoms in total. The third kappa shape index (κ3) is 4.95. The van der Waals surface area contributed by atoms with Crippen LogP contribution in [-0.4, -0.2) is 41.4 Å². The predicted octanol–water partition coefficient (Wildman–Crippen LogP) is 2.96. The van der Waals surface area contributed by atoms with Crippen LogP contribution in [0.2, 0.25) is 0 Å². The van der Waals surface area contributed by atoms with Crippen LogP contribution in [0.4, 0.5) is 4.79 Å². The van der Waals surface area contributed by atoms with E-state index in [2.05, 4.69) is 24.5 Å². The first-order valence-electron chi connectivity index (χ1n) is 9.93. The van der Waals surface area contributed by atoms with Gasteiger partial charge in [-0.3, -0.25) is 14.5 Å². The molecule has 1 atom stereocenters. The lowest BCUT2D eigenvalue weighted by atomic mass is 9.98. The number of nitrogens with zero attached hydrogens (tertiary/aromatic N) is 1. The van der Waals surface area contributed by atoms with Crippen molar-refractivity contribution in [3.63, 3.8) is 0 Å². The molecule has 2 N–H and O–H groups in total. The largest absolute Gasteiger partial charge is 0.356 e. The van der Waals surface area contributed by atoms with Crippen LogP contribution in [0.3, 0.4) is 0 Å². The Labute approximate surface area is 151 Å². The SMILES string of the molecule is CCCCC(CC)CNC(=O)CCCN1C(=O)NC2(CCCC2)C1=O. The van der Waals surface area contributed by atoms with Crippen molar-refractivity contribution in [3.8, 4) is 0 Å². The summed E-state index contributed by atoms with van der Waals surface area (Å²) in [5.74, 6) is 0.454. The molecule has 1 unspecified atom stereocenters. The summed E-state index contributed by atoms with van der Waals surface area (Å²) in [6.45, 7) is 5.38. The van der Waals surface area contributed by atoms with Crippen molar-refractivity contribution < 1.29 is 14.4 Å². The van der Waals surface area contributed by atoms with Crippen molar-refractivity contribution in [1.29, 1.82) is 0 Å². The highest BCUT2D eigenvalue weighted by molar-refractivity contribution is 6.07. The van der Waals surface area contributed by atoms with Crippen LogP contribution in [0.5, 0.6) is 0 Å². The fourth-order valence-electron chi connectivity index (χ4n) is 3.88. The predicted molar refractivity (Wildman–Crippen MR) is 97.0 cm³/mol. The zero-order valence-corrected chi connectivity index (χ0v) is 15.7. The Bertz CT molecular complexity index is 486. The summed E-state index contributed by atoms with van der Waals surface area (Å²) in [6.07, 6.45) is 8.93. The first-order valence-corrected chi connectivity index (χ1v) is 9.93. The molecule has 2 aliphatic rings. The van der Waals surface area contributed by atoms with E-state index >= 15 is 0 Å². The van der Waals surface area contributed by atoms with E-state index in [1.54, 1.807) is 0 Å². The van der Waals surface area contributed by atoms with Gasteiger partial charge in [0.05, 0.1) is 0 Å². The maximum Gasteiger partial charge on any atom is 0.325 e. The number of urea groups is 1. The minimum atomic E-state index is -0.646. The normalized spacial score (nSPS) is 20.2. The molecule has 1 spiro atoms. The Balaban J connectivity index is 1.69. The second kappa shape index (κ2) is 9.20. The van der Waals surface area contributed by atoms with Gasteiger partial charge in [-0.1, -0.05) is 46.0 Å². The fourth-order valence-corrected chi connectivity index (χ4v) is 3.88. The van der Waals surface area contributed by atoms with Crippen molar-refractivity contribution >= 4 is 17.8 Å². The Morgan fingerprint density at radius 2 is 1.96 bits per heavy atom. The van der Waals surface area contributed by atoms with Gasteiger partial charge in [0.2, 0.25) is 5.91 Å². The minimum Gasteiger partial charge on any atom is -0.356 e. The standard InChI is InChI=1S/C19H33N3O3/c1-3-5-9-15(4-2)14-20-16(23)10-8-13-22-17(24)19(21-18(22)25)11-6-7-12-19/h15H,3-14H2,1-2H3,(H,20,23)(H,21,25). The van der Waals surface area contributed by atoms with Crippen molar-refractivity contribution in [2.24, 2.45) is 5.92 Å². The number of carbonyl (C=O) groups is 3. The van der Waals surface area contributed by atoms with Crippen LogP contribution in [0.25, 0.3) is 0 Å². The van der Waals surface area contributed by atoms with E-state index in [1.807, 2.05) is 0 Å². The van der Waals surface area contributed by atoms with Crippen LogP contribution >= 0.6 is 0 Å². The summed E-state index contributed by atoms with van der Waals surface area (Å²) in [7, 11) is 0. The van der Waals surface area contributed by atoms with Crippen molar-refractivity contribution in [2.45, 2.75) is 83.6 Å². The van der Waals surface area contributed by atoms with Gasteiger partial charge >= 0.3 is 6.03 Å². The van der Waals surface area contributed by atoms with Crippen LogP contribution in [0, 0.1) is 5.92 Å². The molecule has 0 bridgehead atoms. The molecule has 6 heteroatoms. The molecule has 2 fully saturated rings. The average molecular weight is 351 g/mol. The van der Waals surface area contributed by atoms with Crippen LogP contribution in [0.1, 0.15) is 78.1 Å². The van der Waals surface area contributed by atoms with Crippen molar-refractivity contribution in [2.75, 3.05) is 13.1 Å². The highest BCUT2D eigenvalue weighted by atomic mass is 16.2. The number of rotatable bonds is 10. The van der Waals surface area contributed by atoms with Crippen LogP contribution in [0.15, 0.2) is 0 Å². The molecule has 1 heterocycles. The number of amides is 4. The summed E-state index contributed by atoms with van der Waals surface area (Å²) in [5.41, 5.74) is -0.646. The topological polar surface area (TPSA) is 78.5 Å². The smallest absolute Gasteiger partial charge is 0.325 e. The molecule has 1 saturated carbocycles. The summed E-state index contributed by atoms with van der Waals surface area (Å²) in [6, 6.07) is -0.294. The Morgan fingerprint density at radius 1 is 1.24 bits per heavy atom. The maximum atomic E-state index is 12.5. The van der Waals surface area contributed by atoms with Crippen LogP contribution < -0.4 is 10.6 Å². The van der Waals surface area contributed by atoms with E-state index < -0.39 is 5.54 Å². The molecule has 4 amide bonds. The zero-order valence-electron chi connectivity index (χ0n) is 15.7. The lowest BCUT2D eigenvalue weighted by Crippen LogP contribution is -2.44. The number of unbranched alkanes of at least 4 members (excludes halogenated alkanes) is 1. The molecule has 0 aromatic rings. The molecular formula is C19H33N3O3. The third-order valence-corrected chi connectivity index (χ3v) is 5.62. The monoisotopic (exact) mass is 351 g/mol. The molecule has 142 valence electrons. The minimum absolute atomic E-state index is 0.0117. The van der Waals surface area contributed by atoms with Gasteiger partial charge in [0.1, 0.15) is 5.54 Å². The maximum absolute atomic E-state index is 12.5.